The number of likely N-dealkylation sites (tertiary alicyclic amines) is 1. The van der Waals surface area contributed by atoms with Gasteiger partial charge in [-0.15, -0.1) is 0 Å². The number of aliphatic hydroxyl groups is 1. The van der Waals surface area contributed by atoms with Crippen LogP contribution in [-0.4, -0.2) is 32.8 Å². The van der Waals surface area contributed by atoms with Gasteiger partial charge in [-0.2, -0.15) is 0 Å². The predicted octanol–water partition coefficient (Wildman–Crippen LogP) is 5.61. The molecule has 0 radical (unpaired) electrons. The highest BCUT2D eigenvalue weighted by atomic mass is 16.5. The summed E-state index contributed by atoms with van der Waals surface area (Å²) in [5.41, 5.74) is 3.92. The van der Waals surface area contributed by atoms with E-state index in [1.54, 1.807) is 30.6 Å². The molecule has 1 amide bonds. The molecule has 4 aromatic rings. The molecule has 3 heterocycles. The number of fused-ring (bicyclic) bond motifs is 1. The number of ether oxygens (including phenoxy) is 2. The first kappa shape index (κ1) is 25.4. The van der Waals surface area contributed by atoms with Gasteiger partial charge >= 0.3 is 0 Å². The summed E-state index contributed by atoms with van der Waals surface area (Å²) in [5, 5.41) is 11.5. The molecular weight excluding hydrogens is 504 g/mol. The molecule has 6 rings (SSSR count). The minimum Gasteiger partial charge on any atom is -0.507 e. The maximum absolute atomic E-state index is 13.5. The monoisotopic (exact) mass is 532 g/mol. The number of nitrogens with zero attached hydrogens (tertiary/aromatic N) is 2. The highest BCUT2D eigenvalue weighted by Gasteiger charge is 2.46. The van der Waals surface area contributed by atoms with Crippen LogP contribution in [-0.2, 0) is 29.2 Å². The molecule has 0 aliphatic carbocycles. The second kappa shape index (κ2) is 10.7. The number of hydrogen-bond donors (Lipinski definition) is 1. The molecule has 0 saturated carbocycles. The minimum absolute atomic E-state index is 0.0380. The van der Waals surface area contributed by atoms with Gasteiger partial charge in [-0.1, -0.05) is 48.5 Å². The van der Waals surface area contributed by atoms with Crippen molar-refractivity contribution in [2.45, 2.75) is 38.6 Å². The lowest BCUT2D eigenvalue weighted by atomic mass is 9.94. The number of aliphatic hydroxyl groups excluding tert-OH is 1. The number of carbonyl (C=O) groups is 2. The molecule has 2 aliphatic heterocycles. The van der Waals surface area contributed by atoms with Crippen LogP contribution in [0, 0.1) is 0 Å². The van der Waals surface area contributed by atoms with Crippen molar-refractivity contribution >= 4 is 17.4 Å². The van der Waals surface area contributed by atoms with Crippen molar-refractivity contribution < 1.29 is 24.2 Å². The largest absolute Gasteiger partial charge is 0.507 e. The van der Waals surface area contributed by atoms with E-state index in [-0.39, 0.29) is 24.0 Å². The first-order valence-corrected chi connectivity index (χ1v) is 13.2. The number of hydrogen-bond acceptors (Lipinski definition) is 6. The summed E-state index contributed by atoms with van der Waals surface area (Å²) in [4.78, 5) is 32.6. The van der Waals surface area contributed by atoms with Crippen molar-refractivity contribution in [2.24, 2.45) is 0 Å². The van der Waals surface area contributed by atoms with Crippen molar-refractivity contribution in [3.05, 3.63) is 131 Å². The summed E-state index contributed by atoms with van der Waals surface area (Å²) < 4.78 is 11.8. The first-order chi connectivity index (χ1) is 19.5. The molecule has 2 aliphatic rings. The number of amides is 1. The number of rotatable bonds is 7. The molecule has 200 valence electrons. The van der Waals surface area contributed by atoms with Crippen LogP contribution in [0.5, 0.6) is 11.5 Å². The highest BCUT2D eigenvalue weighted by molar-refractivity contribution is 6.46. The Morgan fingerprint density at radius 1 is 1.00 bits per heavy atom. The Morgan fingerprint density at radius 2 is 1.82 bits per heavy atom. The van der Waals surface area contributed by atoms with Crippen molar-refractivity contribution in [2.75, 3.05) is 0 Å². The van der Waals surface area contributed by atoms with Gasteiger partial charge in [0.2, 0.25) is 0 Å². The van der Waals surface area contributed by atoms with Crippen molar-refractivity contribution in [1.29, 1.82) is 0 Å². The minimum atomic E-state index is -0.816. The fraction of sp³-hybridized carbons (Fsp3) is 0.182. The van der Waals surface area contributed by atoms with Crippen LogP contribution in [0.2, 0.25) is 0 Å². The second-order valence-corrected chi connectivity index (χ2v) is 10.1. The average Bonchev–Trinajstić information content (AvgIpc) is 3.48. The lowest BCUT2D eigenvalue weighted by Crippen LogP contribution is -2.29. The molecule has 0 unspecified atom stereocenters. The Labute approximate surface area is 232 Å². The van der Waals surface area contributed by atoms with Gasteiger partial charge in [-0.05, 0) is 65.6 Å². The normalized spacial score (nSPS) is 19.4. The molecule has 7 heteroatoms. The van der Waals surface area contributed by atoms with Gasteiger partial charge in [0.05, 0.1) is 11.6 Å². The summed E-state index contributed by atoms with van der Waals surface area (Å²) in [7, 11) is 0. The third-order valence-corrected chi connectivity index (χ3v) is 7.21. The Kier molecular flexibility index (Phi) is 6.78. The molecule has 1 aromatic heterocycles. The van der Waals surface area contributed by atoms with Crippen LogP contribution in [0.25, 0.3) is 5.76 Å². The predicted molar refractivity (Wildman–Crippen MR) is 150 cm³/mol. The van der Waals surface area contributed by atoms with Crippen LogP contribution in [0.15, 0.2) is 103 Å². The van der Waals surface area contributed by atoms with E-state index in [2.05, 4.69) is 4.98 Å². The number of pyridine rings is 1. The van der Waals surface area contributed by atoms with Gasteiger partial charge in [-0.25, -0.2) is 0 Å². The molecule has 1 N–H and O–H groups in total. The molecule has 1 fully saturated rings. The van der Waals surface area contributed by atoms with E-state index in [0.717, 1.165) is 22.4 Å². The third kappa shape index (κ3) is 4.94. The van der Waals surface area contributed by atoms with Gasteiger partial charge in [-0.3, -0.25) is 14.6 Å². The summed E-state index contributed by atoms with van der Waals surface area (Å²) in [6.07, 6.45) is 4.06. The summed E-state index contributed by atoms with van der Waals surface area (Å²) in [6, 6.07) is 25.3. The van der Waals surface area contributed by atoms with Gasteiger partial charge in [0.25, 0.3) is 11.7 Å². The molecule has 40 heavy (non-hydrogen) atoms. The van der Waals surface area contributed by atoms with E-state index < -0.39 is 17.7 Å². The van der Waals surface area contributed by atoms with Crippen LogP contribution in [0.3, 0.4) is 0 Å². The van der Waals surface area contributed by atoms with Crippen LogP contribution in [0.4, 0.5) is 0 Å². The molecule has 3 aromatic carbocycles. The van der Waals surface area contributed by atoms with E-state index in [0.29, 0.717) is 29.9 Å². The van der Waals surface area contributed by atoms with Gasteiger partial charge < -0.3 is 19.5 Å². The summed E-state index contributed by atoms with van der Waals surface area (Å²) in [5.74, 6) is -0.260. The van der Waals surface area contributed by atoms with Crippen LogP contribution >= 0.6 is 0 Å². The van der Waals surface area contributed by atoms with Gasteiger partial charge in [0.1, 0.15) is 30.0 Å². The van der Waals surface area contributed by atoms with E-state index >= 15 is 0 Å². The fourth-order valence-corrected chi connectivity index (χ4v) is 5.32. The van der Waals surface area contributed by atoms with Crippen LogP contribution < -0.4 is 9.47 Å². The fourth-order valence-electron chi connectivity index (χ4n) is 5.32. The lowest BCUT2D eigenvalue weighted by molar-refractivity contribution is -0.140. The molecular formula is C33H28N2O5. The number of ketones is 1. The Bertz CT molecular complexity index is 1600. The molecule has 0 bridgehead atoms. The third-order valence-electron chi connectivity index (χ3n) is 7.21. The van der Waals surface area contributed by atoms with Crippen molar-refractivity contribution in [1.82, 2.24) is 9.88 Å². The smallest absolute Gasteiger partial charge is 0.295 e. The van der Waals surface area contributed by atoms with E-state index in [4.69, 9.17) is 9.47 Å². The maximum Gasteiger partial charge on any atom is 0.295 e. The molecule has 1 saturated heterocycles. The lowest BCUT2D eigenvalue weighted by Gasteiger charge is -2.25. The van der Waals surface area contributed by atoms with Crippen LogP contribution in [0.1, 0.15) is 40.8 Å². The van der Waals surface area contributed by atoms with E-state index in [1.165, 1.54) is 4.90 Å². The van der Waals surface area contributed by atoms with Crippen molar-refractivity contribution in [3.63, 3.8) is 0 Å². The summed E-state index contributed by atoms with van der Waals surface area (Å²) in [6.45, 7) is 2.51. The van der Waals surface area contributed by atoms with E-state index in [1.807, 2.05) is 73.7 Å². The molecule has 2 atom stereocenters. The quantitative estimate of drug-likeness (QED) is 0.189. The number of Topliss-reactive ketones (excluding diaryl/α,β-unsaturated/α-hetero) is 1. The zero-order valence-corrected chi connectivity index (χ0v) is 22.0. The molecule has 0 spiro atoms. The Hall–Kier alpha value is -4.91. The Morgan fingerprint density at radius 3 is 2.62 bits per heavy atom. The van der Waals surface area contributed by atoms with Gasteiger partial charge in [0.15, 0.2) is 0 Å². The summed E-state index contributed by atoms with van der Waals surface area (Å²) >= 11 is 0. The first-order valence-electron chi connectivity index (χ1n) is 13.2. The van der Waals surface area contributed by atoms with Crippen molar-refractivity contribution in [3.8, 4) is 11.5 Å². The topological polar surface area (TPSA) is 89.0 Å². The number of carbonyl (C=O) groups excluding carboxylic acids is 2. The van der Waals surface area contributed by atoms with E-state index in [9.17, 15) is 14.7 Å². The Balaban J connectivity index is 1.41. The standard InChI is InChI=1S/C33H28N2O5/c1-21-15-26-16-25(12-13-28(26)40-21)31(36)29-30(35(33(38)32(29)37)19-23-9-6-14-34-18-23)24-10-5-11-27(17-24)39-20-22-7-3-2-4-8-22/h2-14,16-18,21,30,36H,15,19-20H2,1H3/b31-29+/t21-,30+/m1/s1. The number of benzene rings is 3. The second-order valence-electron chi connectivity index (χ2n) is 10.1. The average molecular weight is 533 g/mol. The SMILES string of the molecule is C[C@@H]1Cc2cc(/C(O)=C3\C(=O)C(=O)N(Cc4cccnc4)[C@H]3c3cccc(OCc4ccccc4)c3)ccc2O1. The van der Waals surface area contributed by atoms with Gasteiger partial charge in [0, 0.05) is 30.9 Å². The number of aromatic nitrogens is 1. The maximum atomic E-state index is 13.5. The zero-order chi connectivity index (χ0) is 27.6. The zero-order valence-electron chi connectivity index (χ0n) is 22.0. The highest BCUT2D eigenvalue weighted by Crippen LogP contribution is 2.42. The molecule has 7 nitrogen and oxygen atoms in total.